The Morgan fingerprint density at radius 3 is 2.79 bits per heavy atom. The quantitative estimate of drug-likeness (QED) is 0.387. The first-order valence-corrected chi connectivity index (χ1v) is 13.2. The van der Waals surface area contributed by atoms with Gasteiger partial charge in [-0.1, -0.05) is 38.3 Å². The summed E-state index contributed by atoms with van der Waals surface area (Å²) < 4.78 is 5.82. The summed E-state index contributed by atoms with van der Waals surface area (Å²) in [6.07, 6.45) is 3.38. The van der Waals surface area contributed by atoms with Crippen molar-refractivity contribution >= 4 is 11.6 Å². The molecule has 8 nitrogen and oxygen atoms in total. The molecule has 2 heterocycles. The molecule has 3 aromatic rings. The van der Waals surface area contributed by atoms with Crippen LogP contribution >= 0.6 is 0 Å². The van der Waals surface area contributed by atoms with Crippen LogP contribution in [0.4, 0.5) is 5.69 Å². The molecule has 0 spiro atoms. The van der Waals surface area contributed by atoms with Crippen LogP contribution in [0.2, 0.25) is 0 Å². The zero-order valence-electron chi connectivity index (χ0n) is 22.1. The van der Waals surface area contributed by atoms with E-state index in [0.717, 1.165) is 19.3 Å². The maximum Gasteiger partial charge on any atom is 0.254 e. The molecule has 0 radical (unpaired) electrons. The van der Waals surface area contributed by atoms with Gasteiger partial charge in [-0.25, -0.2) is 0 Å². The fourth-order valence-corrected chi connectivity index (χ4v) is 4.76. The van der Waals surface area contributed by atoms with Crippen LogP contribution in [-0.4, -0.2) is 51.3 Å². The number of aryl methyl sites for hydroxylation is 1. The Balaban J connectivity index is 1.79. The van der Waals surface area contributed by atoms with Gasteiger partial charge in [-0.2, -0.15) is 5.26 Å². The molecule has 38 heavy (non-hydrogen) atoms. The van der Waals surface area contributed by atoms with E-state index < -0.39 is 6.10 Å². The van der Waals surface area contributed by atoms with Crippen LogP contribution in [0.15, 0.2) is 40.8 Å². The fourth-order valence-electron chi connectivity index (χ4n) is 4.76. The van der Waals surface area contributed by atoms with Crippen LogP contribution in [0.3, 0.4) is 0 Å². The Hall–Kier alpha value is -4.14. The van der Waals surface area contributed by atoms with Gasteiger partial charge < -0.3 is 19.7 Å². The Morgan fingerprint density at radius 1 is 1.26 bits per heavy atom. The van der Waals surface area contributed by atoms with Crippen molar-refractivity contribution in [3.8, 4) is 40.5 Å². The monoisotopic (exact) mass is 511 g/mol. The number of nitriles is 1. The number of aliphatic hydroxyl groups excluding tert-OH is 1. The molecule has 0 saturated carbocycles. The third-order valence-corrected chi connectivity index (χ3v) is 6.66. The molecule has 4 rings (SSSR count). The van der Waals surface area contributed by atoms with E-state index in [-0.39, 0.29) is 11.9 Å². The largest absolute Gasteiger partial charge is 0.421 e. The van der Waals surface area contributed by atoms with Gasteiger partial charge in [0.1, 0.15) is 6.07 Å². The number of nitrogens with one attached hydrogen (secondary N) is 1. The molecule has 8 heteroatoms. The van der Waals surface area contributed by atoms with Crippen molar-refractivity contribution in [3.63, 3.8) is 0 Å². The lowest BCUT2D eigenvalue weighted by Crippen LogP contribution is -2.34. The standard InChI is InChI=1S/C30H33N5O3/c1-4-9-23-11-8-14-35(23)30(37)22-16-20(15-21(17-22)29-34-33-28(6-3)38-29)25-12-7-13-27(26(25)18-31)32-19-24(36)10-5-2/h7,12-13,15-17,23-24,32,36H,5-6,8,10-11,14,19H2,1-3H3. The fraction of sp³-hybridized carbons (Fsp3) is 0.400. The highest BCUT2D eigenvalue weighted by molar-refractivity contribution is 5.98. The first-order chi connectivity index (χ1) is 18.5. The number of benzene rings is 2. The topological polar surface area (TPSA) is 115 Å². The average Bonchev–Trinajstić information content (AvgIpc) is 3.61. The van der Waals surface area contributed by atoms with Crippen LogP contribution in [0, 0.1) is 23.2 Å². The van der Waals surface area contributed by atoms with Gasteiger partial charge in [-0.15, -0.1) is 16.1 Å². The summed E-state index contributed by atoms with van der Waals surface area (Å²) in [5, 5.41) is 31.8. The van der Waals surface area contributed by atoms with Gasteiger partial charge in [-0.3, -0.25) is 4.79 Å². The van der Waals surface area contributed by atoms with Crippen molar-refractivity contribution in [2.45, 2.75) is 65.0 Å². The molecule has 1 aromatic heterocycles. The number of carbonyl (C=O) groups excluding carboxylic acids is 1. The molecule has 0 bridgehead atoms. The maximum atomic E-state index is 13.7. The third-order valence-electron chi connectivity index (χ3n) is 6.66. The van der Waals surface area contributed by atoms with Crippen LogP contribution in [0.5, 0.6) is 0 Å². The number of nitrogens with zero attached hydrogens (tertiary/aromatic N) is 4. The van der Waals surface area contributed by atoms with Crippen LogP contribution in [0.1, 0.15) is 68.3 Å². The van der Waals surface area contributed by atoms with Crippen molar-refractivity contribution in [2.75, 3.05) is 18.4 Å². The number of likely N-dealkylation sites (tertiary alicyclic amines) is 1. The summed E-state index contributed by atoms with van der Waals surface area (Å²) >= 11 is 0. The summed E-state index contributed by atoms with van der Waals surface area (Å²) in [7, 11) is 0. The number of carbonyl (C=O) groups is 1. The van der Waals surface area contributed by atoms with E-state index in [9.17, 15) is 15.2 Å². The van der Waals surface area contributed by atoms with E-state index in [4.69, 9.17) is 4.42 Å². The second kappa shape index (κ2) is 12.4. The van der Waals surface area contributed by atoms with Crippen molar-refractivity contribution in [2.24, 2.45) is 0 Å². The van der Waals surface area contributed by atoms with E-state index in [1.807, 2.05) is 49.1 Å². The van der Waals surface area contributed by atoms with E-state index >= 15 is 0 Å². The second-order valence-corrected chi connectivity index (χ2v) is 9.37. The van der Waals surface area contributed by atoms with Crippen molar-refractivity contribution in [1.82, 2.24) is 15.1 Å². The summed E-state index contributed by atoms with van der Waals surface area (Å²) in [6, 6.07) is 13.2. The molecule has 0 aliphatic carbocycles. The Morgan fingerprint density at radius 2 is 2.08 bits per heavy atom. The minimum Gasteiger partial charge on any atom is -0.421 e. The molecule has 1 aliphatic rings. The van der Waals surface area contributed by atoms with Gasteiger partial charge in [0.15, 0.2) is 0 Å². The van der Waals surface area contributed by atoms with Crippen LogP contribution in [0.25, 0.3) is 22.6 Å². The smallest absolute Gasteiger partial charge is 0.254 e. The SMILES string of the molecule is CC#CC1CCCN1C(=O)c1cc(-c2nnc(CC)o2)cc(-c2cccc(NCC(O)CCC)c2C#N)c1. The summed E-state index contributed by atoms with van der Waals surface area (Å²) in [5.74, 6) is 6.79. The van der Waals surface area contributed by atoms with Gasteiger partial charge in [0, 0.05) is 36.2 Å². The Kier molecular flexibility index (Phi) is 8.78. The van der Waals surface area contributed by atoms with Gasteiger partial charge in [0.2, 0.25) is 11.8 Å². The molecule has 2 aromatic carbocycles. The highest BCUT2D eigenvalue weighted by Crippen LogP contribution is 2.34. The predicted molar refractivity (Wildman–Crippen MR) is 146 cm³/mol. The Bertz CT molecular complexity index is 1390. The first kappa shape index (κ1) is 26.9. The highest BCUT2D eigenvalue weighted by Gasteiger charge is 2.29. The van der Waals surface area contributed by atoms with E-state index in [1.165, 1.54) is 0 Å². The zero-order chi connectivity index (χ0) is 27.1. The molecule has 2 unspecified atom stereocenters. The lowest BCUT2D eigenvalue weighted by molar-refractivity contribution is 0.0766. The molecule has 1 aliphatic heterocycles. The number of aliphatic hydroxyl groups is 1. The molecular weight excluding hydrogens is 478 g/mol. The van der Waals surface area contributed by atoms with Gasteiger partial charge in [-0.05, 0) is 56.0 Å². The normalized spacial score (nSPS) is 15.4. The van der Waals surface area contributed by atoms with E-state index in [0.29, 0.717) is 71.2 Å². The maximum absolute atomic E-state index is 13.7. The summed E-state index contributed by atoms with van der Waals surface area (Å²) in [4.78, 5) is 15.5. The first-order valence-electron chi connectivity index (χ1n) is 13.2. The zero-order valence-corrected chi connectivity index (χ0v) is 22.1. The van der Waals surface area contributed by atoms with Gasteiger partial charge in [0.25, 0.3) is 5.91 Å². The van der Waals surface area contributed by atoms with E-state index in [1.54, 1.807) is 13.0 Å². The number of anilines is 1. The molecule has 2 N–H and O–H groups in total. The second-order valence-electron chi connectivity index (χ2n) is 9.37. The molecule has 1 fully saturated rings. The molecular formula is C30H33N5O3. The van der Waals surface area contributed by atoms with Crippen LogP contribution < -0.4 is 5.32 Å². The minimum absolute atomic E-state index is 0.119. The summed E-state index contributed by atoms with van der Waals surface area (Å²) in [5.41, 5.74) is 3.49. The third kappa shape index (κ3) is 5.88. The highest BCUT2D eigenvalue weighted by atomic mass is 16.4. The minimum atomic E-state index is -0.507. The molecule has 1 amide bonds. The number of aromatic nitrogens is 2. The molecule has 2 atom stereocenters. The average molecular weight is 512 g/mol. The number of amides is 1. The number of rotatable bonds is 9. The molecule has 1 saturated heterocycles. The van der Waals surface area contributed by atoms with E-state index in [2.05, 4.69) is 33.4 Å². The predicted octanol–water partition coefficient (Wildman–Crippen LogP) is 5.04. The van der Waals surface area contributed by atoms with Gasteiger partial charge >= 0.3 is 0 Å². The number of hydrogen-bond donors (Lipinski definition) is 2. The van der Waals surface area contributed by atoms with Crippen molar-refractivity contribution < 1.29 is 14.3 Å². The summed E-state index contributed by atoms with van der Waals surface area (Å²) in [6.45, 7) is 6.71. The van der Waals surface area contributed by atoms with Gasteiger partial charge in [0.05, 0.1) is 23.4 Å². The number of hydrogen-bond acceptors (Lipinski definition) is 7. The molecule has 196 valence electrons. The van der Waals surface area contributed by atoms with Crippen molar-refractivity contribution in [3.05, 3.63) is 53.4 Å². The Labute approximate surface area is 223 Å². The van der Waals surface area contributed by atoms with Crippen molar-refractivity contribution in [1.29, 1.82) is 5.26 Å². The lowest BCUT2D eigenvalue weighted by Gasteiger charge is -2.21. The van der Waals surface area contributed by atoms with Crippen LogP contribution in [-0.2, 0) is 6.42 Å². The lowest BCUT2D eigenvalue weighted by atomic mass is 9.94.